The molecule has 0 aromatic rings. The molecule has 0 bridgehead atoms. The SMILES string of the molecule is CC=C(C)C(=O)OCCCCCCC(C)O. The van der Waals surface area contributed by atoms with Crippen molar-refractivity contribution in [3.63, 3.8) is 0 Å². The molecular weight excluding hydrogens is 204 g/mol. The number of esters is 1. The van der Waals surface area contributed by atoms with E-state index in [1.165, 1.54) is 0 Å². The average Bonchev–Trinajstić information content (AvgIpc) is 2.25. The summed E-state index contributed by atoms with van der Waals surface area (Å²) in [7, 11) is 0. The Hall–Kier alpha value is -0.830. The van der Waals surface area contributed by atoms with E-state index in [1.807, 2.05) is 13.8 Å². The lowest BCUT2D eigenvalue weighted by Gasteiger charge is -2.05. The zero-order valence-electron chi connectivity index (χ0n) is 10.7. The molecule has 0 aliphatic heterocycles. The zero-order valence-corrected chi connectivity index (χ0v) is 10.7. The minimum atomic E-state index is -0.216. The molecule has 0 aliphatic carbocycles. The molecule has 0 saturated heterocycles. The minimum Gasteiger partial charge on any atom is -0.462 e. The Kier molecular flexibility index (Phi) is 8.91. The van der Waals surface area contributed by atoms with Crippen LogP contribution >= 0.6 is 0 Å². The van der Waals surface area contributed by atoms with Crippen LogP contribution in [0.15, 0.2) is 11.6 Å². The van der Waals surface area contributed by atoms with Gasteiger partial charge in [0, 0.05) is 5.57 Å². The van der Waals surface area contributed by atoms with Crippen LogP contribution in [0.5, 0.6) is 0 Å². The van der Waals surface area contributed by atoms with Crippen LogP contribution in [0.4, 0.5) is 0 Å². The van der Waals surface area contributed by atoms with Gasteiger partial charge in [-0.1, -0.05) is 25.3 Å². The Labute approximate surface area is 98.5 Å². The van der Waals surface area contributed by atoms with Gasteiger partial charge in [0.1, 0.15) is 0 Å². The highest BCUT2D eigenvalue weighted by Gasteiger charge is 2.03. The third-order valence-electron chi connectivity index (χ3n) is 2.50. The van der Waals surface area contributed by atoms with E-state index in [9.17, 15) is 4.79 Å². The van der Waals surface area contributed by atoms with Crippen LogP contribution < -0.4 is 0 Å². The number of carbonyl (C=O) groups is 1. The number of unbranched alkanes of at least 4 members (excludes halogenated alkanes) is 3. The van der Waals surface area contributed by atoms with Crippen molar-refractivity contribution in [1.29, 1.82) is 0 Å². The topological polar surface area (TPSA) is 46.5 Å². The van der Waals surface area contributed by atoms with Crippen LogP contribution in [-0.2, 0) is 9.53 Å². The second kappa shape index (κ2) is 9.40. The van der Waals surface area contributed by atoms with Crippen molar-refractivity contribution in [2.75, 3.05) is 6.61 Å². The molecule has 94 valence electrons. The van der Waals surface area contributed by atoms with Gasteiger partial charge in [-0.15, -0.1) is 0 Å². The minimum absolute atomic E-state index is 0.199. The first-order valence-electron chi connectivity index (χ1n) is 6.06. The molecule has 0 radical (unpaired) electrons. The Morgan fingerprint density at radius 3 is 2.50 bits per heavy atom. The van der Waals surface area contributed by atoms with Crippen molar-refractivity contribution < 1.29 is 14.6 Å². The normalized spacial score (nSPS) is 13.6. The Morgan fingerprint density at radius 1 is 1.31 bits per heavy atom. The van der Waals surface area contributed by atoms with Gasteiger partial charge in [-0.25, -0.2) is 4.79 Å². The predicted octanol–water partition coefficient (Wildman–Crippen LogP) is 2.83. The molecule has 1 N–H and O–H groups in total. The molecule has 0 aliphatic rings. The van der Waals surface area contributed by atoms with Gasteiger partial charge in [-0.2, -0.15) is 0 Å². The Morgan fingerprint density at radius 2 is 1.94 bits per heavy atom. The largest absolute Gasteiger partial charge is 0.462 e. The summed E-state index contributed by atoms with van der Waals surface area (Å²) in [5.41, 5.74) is 0.661. The summed E-state index contributed by atoms with van der Waals surface area (Å²) in [6, 6.07) is 0. The molecule has 0 aromatic heterocycles. The molecule has 1 atom stereocenters. The smallest absolute Gasteiger partial charge is 0.333 e. The van der Waals surface area contributed by atoms with Crippen molar-refractivity contribution in [2.45, 2.75) is 59.0 Å². The molecule has 0 saturated carbocycles. The summed E-state index contributed by atoms with van der Waals surface area (Å²) in [6.07, 6.45) is 6.50. The molecule has 0 amide bonds. The average molecular weight is 228 g/mol. The first-order valence-corrected chi connectivity index (χ1v) is 6.06. The van der Waals surface area contributed by atoms with Crippen molar-refractivity contribution in [2.24, 2.45) is 0 Å². The van der Waals surface area contributed by atoms with Crippen LogP contribution in [-0.4, -0.2) is 23.8 Å². The predicted molar refractivity (Wildman–Crippen MR) is 65.2 cm³/mol. The maximum absolute atomic E-state index is 11.2. The van der Waals surface area contributed by atoms with E-state index in [0.717, 1.165) is 32.1 Å². The third-order valence-corrected chi connectivity index (χ3v) is 2.50. The molecule has 16 heavy (non-hydrogen) atoms. The van der Waals surface area contributed by atoms with Crippen molar-refractivity contribution in [3.05, 3.63) is 11.6 Å². The molecule has 0 spiro atoms. The van der Waals surface area contributed by atoms with Crippen LogP contribution in [0.3, 0.4) is 0 Å². The van der Waals surface area contributed by atoms with Gasteiger partial charge in [0.25, 0.3) is 0 Å². The molecule has 1 unspecified atom stereocenters. The van der Waals surface area contributed by atoms with Gasteiger partial charge in [0.05, 0.1) is 12.7 Å². The van der Waals surface area contributed by atoms with Crippen LogP contribution in [0.2, 0.25) is 0 Å². The molecule has 0 heterocycles. The maximum Gasteiger partial charge on any atom is 0.333 e. The second-order valence-electron chi connectivity index (χ2n) is 4.16. The quantitative estimate of drug-likeness (QED) is 0.395. The Balaban J connectivity index is 3.31. The second-order valence-corrected chi connectivity index (χ2v) is 4.16. The Bertz CT molecular complexity index is 219. The molecule has 0 aromatic carbocycles. The van der Waals surface area contributed by atoms with E-state index in [0.29, 0.717) is 12.2 Å². The highest BCUT2D eigenvalue weighted by atomic mass is 16.5. The van der Waals surface area contributed by atoms with Crippen LogP contribution in [0.25, 0.3) is 0 Å². The van der Waals surface area contributed by atoms with E-state index in [2.05, 4.69) is 0 Å². The number of hydrogen-bond acceptors (Lipinski definition) is 3. The molecular formula is C13H24O3. The van der Waals surface area contributed by atoms with Gasteiger partial charge in [-0.05, 0) is 33.6 Å². The summed E-state index contributed by atoms with van der Waals surface area (Å²) in [5.74, 6) is -0.216. The lowest BCUT2D eigenvalue weighted by atomic mass is 10.1. The summed E-state index contributed by atoms with van der Waals surface area (Å²) in [4.78, 5) is 11.2. The number of rotatable bonds is 8. The van der Waals surface area contributed by atoms with Crippen molar-refractivity contribution in [3.8, 4) is 0 Å². The van der Waals surface area contributed by atoms with E-state index < -0.39 is 0 Å². The third kappa shape index (κ3) is 8.48. The van der Waals surface area contributed by atoms with Crippen LogP contribution in [0.1, 0.15) is 52.9 Å². The number of aliphatic hydroxyl groups is 1. The molecule has 0 fully saturated rings. The van der Waals surface area contributed by atoms with E-state index in [1.54, 1.807) is 13.0 Å². The summed E-state index contributed by atoms with van der Waals surface area (Å²) < 4.78 is 5.07. The van der Waals surface area contributed by atoms with Crippen LogP contribution in [0, 0.1) is 0 Å². The lowest BCUT2D eigenvalue weighted by Crippen LogP contribution is -2.06. The van der Waals surface area contributed by atoms with Crippen molar-refractivity contribution in [1.82, 2.24) is 0 Å². The number of ether oxygens (including phenoxy) is 1. The number of carbonyl (C=O) groups excluding carboxylic acids is 1. The fourth-order valence-corrected chi connectivity index (χ4v) is 1.29. The summed E-state index contributed by atoms with van der Waals surface area (Å²) in [6.45, 7) is 5.89. The highest BCUT2D eigenvalue weighted by molar-refractivity contribution is 5.87. The van der Waals surface area contributed by atoms with Crippen molar-refractivity contribution >= 4 is 5.97 Å². The number of aliphatic hydroxyl groups excluding tert-OH is 1. The van der Waals surface area contributed by atoms with Gasteiger partial charge in [0.15, 0.2) is 0 Å². The van der Waals surface area contributed by atoms with E-state index >= 15 is 0 Å². The summed E-state index contributed by atoms with van der Waals surface area (Å²) in [5, 5.41) is 9.04. The zero-order chi connectivity index (χ0) is 12.4. The number of hydrogen-bond donors (Lipinski definition) is 1. The molecule has 3 heteroatoms. The summed E-state index contributed by atoms with van der Waals surface area (Å²) >= 11 is 0. The first kappa shape index (κ1) is 15.2. The van der Waals surface area contributed by atoms with Gasteiger partial charge >= 0.3 is 5.97 Å². The lowest BCUT2D eigenvalue weighted by molar-refractivity contribution is -0.139. The molecule has 3 nitrogen and oxygen atoms in total. The van der Waals surface area contributed by atoms with E-state index in [-0.39, 0.29) is 12.1 Å². The first-order chi connectivity index (χ1) is 7.57. The fraction of sp³-hybridized carbons (Fsp3) is 0.769. The monoisotopic (exact) mass is 228 g/mol. The number of allylic oxidation sites excluding steroid dienone is 1. The standard InChI is InChI=1S/C13H24O3/c1-4-11(2)13(15)16-10-8-6-5-7-9-12(3)14/h4,12,14H,5-10H2,1-3H3. The highest BCUT2D eigenvalue weighted by Crippen LogP contribution is 2.06. The van der Waals surface area contributed by atoms with Gasteiger partial charge < -0.3 is 9.84 Å². The van der Waals surface area contributed by atoms with Gasteiger partial charge in [-0.3, -0.25) is 0 Å². The molecule has 0 rings (SSSR count). The van der Waals surface area contributed by atoms with E-state index in [4.69, 9.17) is 9.84 Å². The fourth-order valence-electron chi connectivity index (χ4n) is 1.29. The maximum atomic E-state index is 11.2. The van der Waals surface area contributed by atoms with Gasteiger partial charge in [0.2, 0.25) is 0 Å².